The van der Waals surface area contributed by atoms with E-state index >= 15 is 0 Å². The number of nitrogens with one attached hydrogen (secondary N) is 1. The number of piperazine rings is 1. The number of hydrogen-bond donors (Lipinski definition) is 1. The number of rotatable bonds is 2. The first-order valence-corrected chi connectivity index (χ1v) is 7.49. The Morgan fingerprint density at radius 2 is 1.84 bits per heavy atom. The summed E-state index contributed by atoms with van der Waals surface area (Å²) in [6, 6.07) is 0. The van der Waals surface area contributed by atoms with Crippen molar-refractivity contribution >= 4 is 5.91 Å². The molecule has 0 spiro atoms. The maximum absolute atomic E-state index is 12.4. The molecule has 0 bridgehead atoms. The van der Waals surface area contributed by atoms with Crippen molar-refractivity contribution in [1.29, 1.82) is 0 Å². The summed E-state index contributed by atoms with van der Waals surface area (Å²) in [5.74, 6) is 6.91. The molecule has 0 radical (unpaired) electrons. The van der Waals surface area contributed by atoms with Crippen molar-refractivity contribution in [1.82, 2.24) is 15.1 Å². The molecule has 0 aromatic carbocycles. The number of carbonyl (C=O) groups is 1. The number of amides is 1. The molecular weight excluding hydrogens is 238 g/mol. The highest BCUT2D eigenvalue weighted by atomic mass is 16.2. The Morgan fingerprint density at radius 1 is 1.16 bits per heavy atom. The summed E-state index contributed by atoms with van der Waals surface area (Å²) >= 11 is 0. The summed E-state index contributed by atoms with van der Waals surface area (Å²) in [7, 11) is 0. The molecule has 0 aromatic rings. The zero-order valence-electron chi connectivity index (χ0n) is 12.0. The minimum Gasteiger partial charge on any atom is -0.340 e. The number of nitrogens with zero attached hydrogens (tertiary/aromatic N) is 2. The van der Waals surface area contributed by atoms with Crippen molar-refractivity contribution in [2.24, 2.45) is 5.92 Å². The third-order valence-electron chi connectivity index (χ3n) is 3.98. The predicted octanol–water partition coefficient (Wildman–Crippen LogP) is 0.544. The summed E-state index contributed by atoms with van der Waals surface area (Å²) in [4.78, 5) is 16.8. The monoisotopic (exact) mass is 263 g/mol. The van der Waals surface area contributed by atoms with Crippen LogP contribution in [0.2, 0.25) is 0 Å². The lowest BCUT2D eigenvalue weighted by Gasteiger charge is -2.36. The van der Waals surface area contributed by atoms with Crippen LogP contribution in [0.1, 0.15) is 26.2 Å². The van der Waals surface area contributed by atoms with Gasteiger partial charge in [-0.05, 0) is 25.9 Å². The third-order valence-corrected chi connectivity index (χ3v) is 3.98. The SMILES string of the molecule is CCC#CCN1CCN(C(=O)C2CCNCC2)CC1. The Balaban J connectivity index is 1.74. The zero-order valence-corrected chi connectivity index (χ0v) is 12.0. The molecule has 2 aliphatic rings. The van der Waals surface area contributed by atoms with E-state index in [1.807, 2.05) is 0 Å². The van der Waals surface area contributed by atoms with Gasteiger partial charge in [0.25, 0.3) is 0 Å². The molecule has 4 heteroatoms. The van der Waals surface area contributed by atoms with E-state index in [1.165, 1.54) is 0 Å². The van der Waals surface area contributed by atoms with Crippen LogP contribution in [0.25, 0.3) is 0 Å². The van der Waals surface area contributed by atoms with Gasteiger partial charge in [0, 0.05) is 38.5 Å². The van der Waals surface area contributed by atoms with E-state index in [9.17, 15) is 4.79 Å². The molecule has 2 rings (SSSR count). The van der Waals surface area contributed by atoms with Crippen molar-refractivity contribution in [3.8, 4) is 11.8 Å². The topological polar surface area (TPSA) is 35.6 Å². The highest BCUT2D eigenvalue weighted by Crippen LogP contribution is 2.16. The van der Waals surface area contributed by atoms with Crippen LogP contribution in [0.3, 0.4) is 0 Å². The van der Waals surface area contributed by atoms with Crippen molar-refractivity contribution in [2.45, 2.75) is 26.2 Å². The fourth-order valence-corrected chi connectivity index (χ4v) is 2.75. The lowest BCUT2D eigenvalue weighted by molar-refractivity contribution is -0.138. The van der Waals surface area contributed by atoms with Gasteiger partial charge < -0.3 is 10.2 Å². The fraction of sp³-hybridized carbons (Fsp3) is 0.800. The second-order valence-corrected chi connectivity index (χ2v) is 5.33. The molecule has 106 valence electrons. The Kier molecular flexibility index (Phi) is 5.68. The van der Waals surface area contributed by atoms with Gasteiger partial charge in [-0.15, -0.1) is 5.92 Å². The van der Waals surface area contributed by atoms with Crippen LogP contribution in [-0.4, -0.2) is 61.5 Å². The molecule has 0 atom stereocenters. The van der Waals surface area contributed by atoms with E-state index in [-0.39, 0.29) is 5.92 Å². The molecule has 0 unspecified atom stereocenters. The lowest BCUT2D eigenvalue weighted by Crippen LogP contribution is -2.51. The molecule has 1 amide bonds. The van der Waals surface area contributed by atoms with Crippen LogP contribution in [0.5, 0.6) is 0 Å². The average Bonchev–Trinajstić information content (AvgIpc) is 2.48. The second kappa shape index (κ2) is 7.52. The minimum absolute atomic E-state index is 0.257. The fourth-order valence-electron chi connectivity index (χ4n) is 2.75. The Morgan fingerprint density at radius 3 is 2.47 bits per heavy atom. The Labute approximate surface area is 116 Å². The van der Waals surface area contributed by atoms with Gasteiger partial charge in [0.2, 0.25) is 5.91 Å². The van der Waals surface area contributed by atoms with Crippen LogP contribution in [0, 0.1) is 17.8 Å². The first kappa shape index (κ1) is 14.4. The largest absolute Gasteiger partial charge is 0.340 e. The normalized spacial score (nSPS) is 21.8. The van der Waals surface area contributed by atoms with Crippen LogP contribution < -0.4 is 5.32 Å². The maximum Gasteiger partial charge on any atom is 0.225 e. The van der Waals surface area contributed by atoms with Gasteiger partial charge in [-0.1, -0.05) is 12.8 Å². The standard InChI is InChI=1S/C15H25N3O/c1-2-3-4-9-17-10-12-18(13-11-17)15(19)14-5-7-16-8-6-14/h14,16H,2,5-13H2,1H3. The number of carbonyl (C=O) groups excluding carboxylic acids is 1. The van der Waals surface area contributed by atoms with Crippen molar-refractivity contribution in [3.63, 3.8) is 0 Å². The number of hydrogen-bond acceptors (Lipinski definition) is 3. The van der Waals surface area contributed by atoms with E-state index in [0.717, 1.165) is 65.1 Å². The summed E-state index contributed by atoms with van der Waals surface area (Å²) in [6.45, 7) is 8.58. The van der Waals surface area contributed by atoms with E-state index in [4.69, 9.17) is 0 Å². The molecule has 2 heterocycles. The van der Waals surface area contributed by atoms with Gasteiger partial charge in [0.15, 0.2) is 0 Å². The molecule has 0 aliphatic carbocycles. The zero-order chi connectivity index (χ0) is 13.5. The highest BCUT2D eigenvalue weighted by Gasteiger charge is 2.27. The van der Waals surface area contributed by atoms with E-state index < -0.39 is 0 Å². The van der Waals surface area contributed by atoms with Crippen molar-refractivity contribution in [3.05, 3.63) is 0 Å². The first-order valence-electron chi connectivity index (χ1n) is 7.49. The summed E-state index contributed by atoms with van der Waals surface area (Å²) in [5, 5.41) is 3.31. The minimum atomic E-state index is 0.257. The Hall–Kier alpha value is -1.05. The van der Waals surface area contributed by atoms with Crippen LogP contribution in [-0.2, 0) is 4.79 Å². The summed E-state index contributed by atoms with van der Waals surface area (Å²) in [5.41, 5.74) is 0. The average molecular weight is 263 g/mol. The van der Waals surface area contributed by atoms with Crippen molar-refractivity contribution < 1.29 is 4.79 Å². The Bertz CT molecular complexity index is 344. The predicted molar refractivity (Wildman–Crippen MR) is 76.7 cm³/mol. The van der Waals surface area contributed by atoms with E-state index in [2.05, 4.69) is 33.9 Å². The van der Waals surface area contributed by atoms with Crippen LogP contribution >= 0.6 is 0 Å². The van der Waals surface area contributed by atoms with E-state index in [0.29, 0.717) is 5.91 Å². The summed E-state index contributed by atoms with van der Waals surface area (Å²) < 4.78 is 0. The maximum atomic E-state index is 12.4. The highest BCUT2D eigenvalue weighted by molar-refractivity contribution is 5.79. The van der Waals surface area contributed by atoms with Gasteiger partial charge in [-0.25, -0.2) is 0 Å². The van der Waals surface area contributed by atoms with Gasteiger partial charge in [0.1, 0.15) is 0 Å². The van der Waals surface area contributed by atoms with E-state index in [1.54, 1.807) is 0 Å². The van der Waals surface area contributed by atoms with Crippen molar-refractivity contribution in [2.75, 3.05) is 45.8 Å². The lowest BCUT2D eigenvalue weighted by atomic mass is 9.96. The molecule has 1 N–H and O–H groups in total. The first-order chi connectivity index (χ1) is 9.31. The second-order valence-electron chi connectivity index (χ2n) is 5.33. The quantitative estimate of drug-likeness (QED) is 0.739. The number of piperidine rings is 1. The molecule has 0 saturated carbocycles. The molecule has 2 saturated heterocycles. The van der Waals surface area contributed by atoms with Gasteiger partial charge in [-0.2, -0.15) is 0 Å². The molecule has 2 aliphatic heterocycles. The smallest absolute Gasteiger partial charge is 0.225 e. The third kappa shape index (κ3) is 4.22. The van der Waals surface area contributed by atoms with Gasteiger partial charge in [-0.3, -0.25) is 9.69 Å². The van der Waals surface area contributed by atoms with Gasteiger partial charge >= 0.3 is 0 Å². The molecule has 19 heavy (non-hydrogen) atoms. The molecule has 2 fully saturated rings. The van der Waals surface area contributed by atoms with Crippen LogP contribution in [0.4, 0.5) is 0 Å². The molecular formula is C15H25N3O. The molecule has 4 nitrogen and oxygen atoms in total. The summed E-state index contributed by atoms with van der Waals surface area (Å²) in [6.07, 6.45) is 2.93. The van der Waals surface area contributed by atoms with Crippen LogP contribution in [0.15, 0.2) is 0 Å². The molecule has 0 aromatic heterocycles. The van der Waals surface area contributed by atoms with Gasteiger partial charge in [0.05, 0.1) is 6.54 Å².